The van der Waals surface area contributed by atoms with Crippen LogP contribution < -0.4 is 5.32 Å². The van der Waals surface area contributed by atoms with Gasteiger partial charge in [-0.2, -0.15) is 0 Å². The summed E-state index contributed by atoms with van der Waals surface area (Å²) in [4.78, 5) is 22.2. The molecule has 9 N–H and O–H groups in total. The standard InChI is InChI=1S/C14H25NO12/c1-4(18)15-7-9(21)8(20)6(3-17)26-14(7)27-12(5(19)2-16)10(22)11(23)13(24)25/h5-12,14,16-17,19-23H,2-3H2,1H3,(H,15,18)(H,24,25)/t5-,6+,7+,8+,9+,10+,11-,12+,14+/m0/s1. The maximum Gasteiger partial charge on any atom is 0.335 e. The smallest absolute Gasteiger partial charge is 0.335 e. The molecule has 27 heavy (non-hydrogen) atoms. The molecule has 158 valence electrons. The van der Waals surface area contributed by atoms with E-state index in [4.69, 9.17) is 19.7 Å². The van der Waals surface area contributed by atoms with Crippen LogP contribution in [0.2, 0.25) is 0 Å². The van der Waals surface area contributed by atoms with Crippen molar-refractivity contribution >= 4 is 11.9 Å². The van der Waals surface area contributed by atoms with Gasteiger partial charge in [-0.05, 0) is 0 Å². The maximum atomic E-state index is 11.3. The molecular formula is C14H25NO12. The number of aliphatic hydroxyl groups excluding tert-OH is 7. The van der Waals surface area contributed by atoms with E-state index in [0.717, 1.165) is 6.92 Å². The highest BCUT2D eigenvalue weighted by Crippen LogP contribution is 2.25. The van der Waals surface area contributed by atoms with Crippen LogP contribution in [0.1, 0.15) is 6.92 Å². The van der Waals surface area contributed by atoms with Crippen LogP contribution in [0.4, 0.5) is 0 Å². The van der Waals surface area contributed by atoms with Gasteiger partial charge in [0.05, 0.1) is 13.2 Å². The zero-order valence-corrected chi connectivity index (χ0v) is 14.3. The Morgan fingerprint density at radius 3 is 2.19 bits per heavy atom. The molecule has 9 atom stereocenters. The van der Waals surface area contributed by atoms with E-state index in [9.17, 15) is 40.2 Å². The number of hydrogen-bond donors (Lipinski definition) is 9. The number of carbonyl (C=O) groups is 2. The minimum atomic E-state index is -2.40. The van der Waals surface area contributed by atoms with Gasteiger partial charge in [-0.15, -0.1) is 0 Å². The van der Waals surface area contributed by atoms with Crippen LogP contribution in [0.5, 0.6) is 0 Å². The third-order valence-corrected chi connectivity index (χ3v) is 4.02. The summed E-state index contributed by atoms with van der Waals surface area (Å²) in [5, 5.41) is 78.6. The number of rotatable bonds is 9. The van der Waals surface area contributed by atoms with Crippen LogP contribution in [0.15, 0.2) is 0 Å². The Balaban J connectivity index is 3.12. The lowest BCUT2D eigenvalue weighted by molar-refractivity contribution is -0.301. The van der Waals surface area contributed by atoms with Crippen molar-refractivity contribution in [3.63, 3.8) is 0 Å². The Labute approximate surface area is 153 Å². The first kappa shape index (κ1) is 23.6. The van der Waals surface area contributed by atoms with Crippen molar-refractivity contribution in [2.45, 2.75) is 62.0 Å². The van der Waals surface area contributed by atoms with Crippen molar-refractivity contribution in [3.05, 3.63) is 0 Å². The molecule has 0 aromatic heterocycles. The normalized spacial score (nSPS) is 33.0. The molecule has 1 aliphatic heterocycles. The first-order chi connectivity index (χ1) is 12.5. The monoisotopic (exact) mass is 399 g/mol. The van der Waals surface area contributed by atoms with Crippen LogP contribution in [-0.4, -0.2) is 121 Å². The quantitative estimate of drug-likeness (QED) is 0.177. The predicted octanol–water partition coefficient (Wildman–Crippen LogP) is -5.53. The van der Waals surface area contributed by atoms with E-state index >= 15 is 0 Å². The van der Waals surface area contributed by atoms with Crippen LogP contribution in [0.25, 0.3) is 0 Å². The molecule has 13 heteroatoms. The molecular weight excluding hydrogens is 374 g/mol. The topological polar surface area (TPSA) is 226 Å². The van der Waals surface area contributed by atoms with Gasteiger partial charge in [0, 0.05) is 6.92 Å². The first-order valence-electron chi connectivity index (χ1n) is 7.98. The summed E-state index contributed by atoms with van der Waals surface area (Å²) in [6, 6.07) is -1.44. The summed E-state index contributed by atoms with van der Waals surface area (Å²) < 4.78 is 10.5. The van der Waals surface area contributed by atoms with Gasteiger partial charge in [0.1, 0.15) is 42.7 Å². The Morgan fingerprint density at radius 2 is 1.74 bits per heavy atom. The second-order valence-corrected chi connectivity index (χ2v) is 6.06. The van der Waals surface area contributed by atoms with Crippen LogP contribution in [0, 0.1) is 0 Å². The van der Waals surface area contributed by atoms with E-state index in [-0.39, 0.29) is 0 Å². The first-order valence-corrected chi connectivity index (χ1v) is 7.98. The molecule has 1 heterocycles. The Morgan fingerprint density at radius 1 is 1.15 bits per heavy atom. The van der Waals surface area contributed by atoms with Crippen LogP contribution >= 0.6 is 0 Å². The molecule has 13 nitrogen and oxygen atoms in total. The zero-order chi connectivity index (χ0) is 20.9. The van der Waals surface area contributed by atoms with Crippen molar-refractivity contribution in [2.24, 2.45) is 0 Å². The van der Waals surface area contributed by atoms with E-state index < -0.39 is 80.1 Å². The van der Waals surface area contributed by atoms with Gasteiger partial charge in [-0.25, -0.2) is 4.79 Å². The Bertz CT molecular complexity index is 504. The highest BCUT2D eigenvalue weighted by atomic mass is 16.7. The Hall–Kier alpha value is -1.42. The second kappa shape index (κ2) is 10.2. The summed E-state index contributed by atoms with van der Waals surface area (Å²) in [7, 11) is 0. The summed E-state index contributed by atoms with van der Waals surface area (Å²) in [5.74, 6) is -2.51. The fourth-order valence-corrected chi connectivity index (χ4v) is 2.57. The minimum Gasteiger partial charge on any atom is -0.479 e. The van der Waals surface area contributed by atoms with E-state index in [0.29, 0.717) is 0 Å². The van der Waals surface area contributed by atoms with E-state index in [1.165, 1.54) is 0 Å². The van der Waals surface area contributed by atoms with Crippen molar-refractivity contribution in [3.8, 4) is 0 Å². The fraction of sp³-hybridized carbons (Fsp3) is 0.857. The number of nitrogens with one attached hydrogen (secondary N) is 1. The minimum absolute atomic E-state index is 0.670. The summed E-state index contributed by atoms with van der Waals surface area (Å²) >= 11 is 0. The van der Waals surface area contributed by atoms with Crippen molar-refractivity contribution < 1.29 is 59.9 Å². The molecule has 0 unspecified atom stereocenters. The summed E-state index contributed by atoms with van der Waals surface area (Å²) in [5.41, 5.74) is 0. The average Bonchev–Trinajstić information content (AvgIpc) is 2.62. The lowest BCUT2D eigenvalue weighted by Gasteiger charge is -2.44. The van der Waals surface area contributed by atoms with Gasteiger partial charge in [0.15, 0.2) is 12.4 Å². The fourth-order valence-electron chi connectivity index (χ4n) is 2.57. The van der Waals surface area contributed by atoms with Crippen molar-refractivity contribution in [1.82, 2.24) is 5.32 Å². The number of aliphatic hydroxyl groups is 7. The van der Waals surface area contributed by atoms with Gasteiger partial charge in [-0.3, -0.25) is 4.79 Å². The molecule has 0 spiro atoms. The highest BCUT2D eigenvalue weighted by Gasteiger charge is 2.48. The number of carbonyl (C=O) groups excluding carboxylic acids is 1. The molecule has 1 rings (SSSR count). The lowest BCUT2D eigenvalue weighted by atomic mass is 9.96. The molecule has 0 saturated carbocycles. The van der Waals surface area contributed by atoms with Crippen molar-refractivity contribution in [2.75, 3.05) is 13.2 Å². The van der Waals surface area contributed by atoms with Crippen LogP contribution in [-0.2, 0) is 19.1 Å². The average molecular weight is 399 g/mol. The lowest BCUT2D eigenvalue weighted by Crippen LogP contribution is -2.66. The summed E-state index contributed by atoms with van der Waals surface area (Å²) in [6.45, 7) is -0.685. The largest absolute Gasteiger partial charge is 0.479 e. The van der Waals surface area contributed by atoms with Gasteiger partial charge < -0.3 is 55.6 Å². The van der Waals surface area contributed by atoms with Gasteiger partial charge in [-0.1, -0.05) is 0 Å². The zero-order valence-electron chi connectivity index (χ0n) is 14.3. The number of hydrogen-bond acceptors (Lipinski definition) is 11. The van der Waals surface area contributed by atoms with Gasteiger partial charge >= 0.3 is 5.97 Å². The molecule has 1 fully saturated rings. The van der Waals surface area contributed by atoms with Crippen LogP contribution in [0.3, 0.4) is 0 Å². The number of aliphatic carboxylic acids is 1. The third-order valence-electron chi connectivity index (χ3n) is 4.02. The molecule has 1 aliphatic rings. The SMILES string of the molecule is CC(=O)N[C@H]1[C@@H](O[C@@H]([C@H](O)[C@H](O)C(=O)O)[C@@H](O)CO)O[C@H](CO)[C@@H](O)[C@@H]1O. The number of ether oxygens (including phenoxy) is 2. The molecule has 0 aromatic carbocycles. The number of carboxylic acid groups (broad SMARTS) is 1. The van der Waals surface area contributed by atoms with E-state index in [1.807, 2.05) is 0 Å². The van der Waals surface area contributed by atoms with E-state index in [2.05, 4.69) is 5.32 Å². The molecule has 0 aromatic rings. The molecule has 0 aliphatic carbocycles. The second-order valence-electron chi connectivity index (χ2n) is 6.06. The highest BCUT2D eigenvalue weighted by molar-refractivity contribution is 5.73. The maximum absolute atomic E-state index is 11.3. The predicted molar refractivity (Wildman–Crippen MR) is 83.0 cm³/mol. The molecule has 0 bridgehead atoms. The summed E-state index contributed by atoms with van der Waals surface area (Å²) in [6.07, 6.45) is -14.8. The third kappa shape index (κ3) is 5.78. The number of carboxylic acids is 1. The van der Waals surface area contributed by atoms with Crippen molar-refractivity contribution in [1.29, 1.82) is 0 Å². The van der Waals surface area contributed by atoms with Gasteiger partial charge in [0.2, 0.25) is 5.91 Å². The molecule has 1 amide bonds. The molecule has 0 radical (unpaired) electrons. The van der Waals surface area contributed by atoms with E-state index in [1.54, 1.807) is 0 Å². The molecule has 1 saturated heterocycles. The van der Waals surface area contributed by atoms with Gasteiger partial charge in [0.25, 0.3) is 0 Å². The number of amides is 1. The Kier molecular flexibility index (Phi) is 8.93.